The van der Waals surface area contributed by atoms with E-state index in [1.807, 2.05) is 30.3 Å². The molecule has 2 aromatic carbocycles. The van der Waals surface area contributed by atoms with E-state index >= 15 is 0 Å². The van der Waals surface area contributed by atoms with Crippen LogP contribution >= 0.6 is 0 Å². The molecule has 3 aliphatic rings. The number of benzene rings is 2. The Kier molecular flexibility index (Phi) is 4.15. The van der Waals surface area contributed by atoms with Crippen LogP contribution in [0.1, 0.15) is 46.1 Å². The highest BCUT2D eigenvalue weighted by atomic mass is 16.5. The molecule has 32 heavy (non-hydrogen) atoms. The predicted octanol–water partition coefficient (Wildman–Crippen LogP) is 2.80. The van der Waals surface area contributed by atoms with Crippen LogP contribution in [-0.2, 0) is 20.7 Å². The van der Waals surface area contributed by atoms with Gasteiger partial charge in [-0.1, -0.05) is 30.3 Å². The summed E-state index contributed by atoms with van der Waals surface area (Å²) in [7, 11) is 1.35. The van der Waals surface area contributed by atoms with Gasteiger partial charge in [0.25, 0.3) is 0 Å². The number of hydrogen-bond donors (Lipinski definition) is 1. The van der Waals surface area contributed by atoms with Gasteiger partial charge in [-0.3, -0.25) is 9.59 Å². The zero-order valence-corrected chi connectivity index (χ0v) is 17.7. The Balaban J connectivity index is 1.50. The van der Waals surface area contributed by atoms with Gasteiger partial charge in [0, 0.05) is 29.1 Å². The highest BCUT2D eigenvalue weighted by molar-refractivity contribution is 5.98. The molecule has 1 aromatic heterocycles. The number of piperazine rings is 1. The first-order chi connectivity index (χ1) is 15.6. The van der Waals surface area contributed by atoms with Gasteiger partial charge >= 0.3 is 5.97 Å². The molecule has 7 nitrogen and oxygen atoms in total. The molecule has 2 amide bonds. The monoisotopic (exact) mass is 429 g/mol. The molecule has 0 unspecified atom stereocenters. The van der Waals surface area contributed by atoms with Crippen molar-refractivity contribution in [2.45, 2.75) is 37.4 Å². The van der Waals surface area contributed by atoms with Gasteiger partial charge in [0.05, 0.1) is 18.7 Å². The second-order valence-electron chi connectivity index (χ2n) is 8.80. The minimum Gasteiger partial charge on any atom is -0.465 e. The first-order valence-electron chi connectivity index (χ1n) is 11.0. The maximum absolute atomic E-state index is 13.5. The number of amides is 2. The third kappa shape index (κ3) is 2.77. The van der Waals surface area contributed by atoms with Crippen LogP contribution in [0.3, 0.4) is 0 Å². The van der Waals surface area contributed by atoms with Crippen LogP contribution in [-0.4, -0.2) is 58.3 Å². The van der Waals surface area contributed by atoms with E-state index in [1.165, 1.54) is 7.11 Å². The van der Waals surface area contributed by atoms with E-state index in [2.05, 4.69) is 11.1 Å². The Morgan fingerprint density at radius 2 is 1.81 bits per heavy atom. The highest BCUT2D eigenvalue weighted by Gasteiger charge is 2.50. The number of aromatic amines is 1. The largest absolute Gasteiger partial charge is 0.465 e. The molecular formula is C25H23N3O4. The van der Waals surface area contributed by atoms with Crippen LogP contribution in [0.15, 0.2) is 48.5 Å². The molecule has 0 spiro atoms. The molecule has 2 atom stereocenters. The van der Waals surface area contributed by atoms with Crippen molar-refractivity contribution in [3.8, 4) is 0 Å². The lowest BCUT2D eigenvalue weighted by Gasteiger charge is -2.47. The lowest BCUT2D eigenvalue weighted by molar-refractivity contribution is -0.159. The number of nitrogens with one attached hydrogen (secondary N) is 1. The molecule has 2 aliphatic heterocycles. The number of carbonyl (C=O) groups excluding carboxylic acids is 3. The standard InChI is InChI=1S/C25H23N3O4/c1-32-25(31)15-8-6-14(7-9-15)23-22-18(17-4-2-3-5-19(17)26-22)12-20-24(30)27(16-10-11-16)13-21(29)28(20)23/h2-9,16,20,23,26H,10-13H2,1H3/t20-,23-/m0/s1. The summed E-state index contributed by atoms with van der Waals surface area (Å²) < 4.78 is 4.82. The summed E-state index contributed by atoms with van der Waals surface area (Å²) in [6.07, 6.45) is 2.45. The Bertz CT molecular complexity index is 1260. The molecule has 0 radical (unpaired) electrons. The van der Waals surface area contributed by atoms with Gasteiger partial charge in [-0.2, -0.15) is 0 Å². The molecule has 1 aliphatic carbocycles. The molecule has 7 heteroatoms. The fourth-order valence-corrected chi connectivity index (χ4v) is 5.25. The van der Waals surface area contributed by atoms with Crippen molar-refractivity contribution in [1.82, 2.24) is 14.8 Å². The van der Waals surface area contributed by atoms with Crippen molar-refractivity contribution in [2.75, 3.05) is 13.7 Å². The van der Waals surface area contributed by atoms with E-state index in [1.54, 1.807) is 21.9 Å². The molecule has 3 aromatic rings. The molecule has 1 saturated carbocycles. The van der Waals surface area contributed by atoms with Crippen LogP contribution in [0.4, 0.5) is 0 Å². The van der Waals surface area contributed by atoms with Gasteiger partial charge in [0.15, 0.2) is 0 Å². The number of para-hydroxylation sites is 1. The van der Waals surface area contributed by atoms with Gasteiger partial charge in [-0.25, -0.2) is 4.79 Å². The zero-order valence-electron chi connectivity index (χ0n) is 17.7. The average Bonchev–Trinajstić information content (AvgIpc) is 3.60. The topological polar surface area (TPSA) is 82.7 Å². The van der Waals surface area contributed by atoms with Gasteiger partial charge in [-0.15, -0.1) is 0 Å². The summed E-state index contributed by atoms with van der Waals surface area (Å²) in [6.45, 7) is 0.131. The number of carbonyl (C=O) groups is 3. The fourth-order valence-electron chi connectivity index (χ4n) is 5.25. The third-order valence-electron chi connectivity index (χ3n) is 6.93. The minimum absolute atomic E-state index is 0.0344. The second kappa shape index (κ2) is 6.95. The highest BCUT2D eigenvalue weighted by Crippen LogP contribution is 2.43. The van der Waals surface area contributed by atoms with Gasteiger partial charge in [-0.05, 0) is 42.2 Å². The van der Waals surface area contributed by atoms with Gasteiger partial charge in [0.1, 0.15) is 12.6 Å². The first-order valence-corrected chi connectivity index (χ1v) is 11.0. The summed E-state index contributed by atoms with van der Waals surface area (Å²) in [5, 5.41) is 1.09. The molecule has 1 N–H and O–H groups in total. The summed E-state index contributed by atoms with van der Waals surface area (Å²) >= 11 is 0. The average molecular weight is 429 g/mol. The lowest BCUT2D eigenvalue weighted by Crippen LogP contribution is -2.63. The van der Waals surface area contributed by atoms with Crippen LogP contribution < -0.4 is 0 Å². The number of ether oxygens (including phenoxy) is 1. The number of H-pyrrole nitrogens is 1. The van der Waals surface area contributed by atoms with Crippen molar-refractivity contribution in [1.29, 1.82) is 0 Å². The van der Waals surface area contributed by atoms with E-state index in [0.717, 1.165) is 40.6 Å². The Hall–Kier alpha value is -3.61. The molecule has 3 heterocycles. The number of rotatable bonds is 3. The number of fused-ring (bicyclic) bond motifs is 4. The number of hydrogen-bond acceptors (Lipinski definition) is 4. The normalized spacial score (nSPS) is 22.7. The number of methoxy groups -OCH3 is 1. The van der Waals surface area contributed by atoms with Crippen molar-refractivity contribution in [3.05, 3.63) is 70.9 Å². The fraction of sp³-hybridized carbons (Fsp3) is 0.320. The van der Waals surface area contributed by atoms with E-state index in [4.69, 9.17) is 4.74 Å². The SMILES string of the molecule is COC(=O)c1ccc([C@H]2c3[nH]c4ccccc4c3C[C@H]3C(=O)N(C4CC4)CC(=O)N23)cc1. The summed E-state index contributed by atoms with van der Waals surface area (Å²) in [4.78, 5) is 45.8. The van der Waals surface area contributed by atoms with E-state index in [0.29, 0.717) is 12.0 Å². The van der Waals surface area contributed by atoms with Crippen molar-refractivity contribution in [2.24, 2.45) is 0 Å². The molecule has 1 saturated heterocycles. The van der Waals surface area contributed by atoms with E-state index in [-0.39, 0.29) is 24.4 Å². The van der Waals surface area contributed by atoms with Crippen molar-refractivity contribution >= 4 is 28.7 Å². The number of aromatic nitrogens is 1. The maximum Gasteiger partial charge on any atom is 0.337 e. The van der Waals surface area contributed by atoms with Crippen molar-refractivity contribution < 1.29 is 19.1 Å². The minimum atomic E-state index is -0.520. The van der Waals surface area contributed by atoms with Crippen LogP contribution in [0, 0.1) is 0 Å². The number of esters is 1. The Morgan fingerprint density at radius 3 is 2.53 bits per heavy atom. The molecule has 2 fully saturated rings. The second-order valence-corrected chi connectivity index (χ2v) is 8.80. The molecule has 162 valence electrons. The lowest BCUT2D eigenvalue weighted by atomic mass is 9.86. The van der Waals surface area contributed by atoms with Crippen LogP contribution in [0.2, 0.25) is 0 Å². The quantitative estimate of drug-likeness (QED) is 0.649. The number of nitrogens with zero attached hydrogens (tertiary/aromatic N) is 2. The predicted molar refractivity (Wildman–Crippen MR) is 117 cm³/mol. The van der Waals surface area contributed by atoms with E-state index in [9.17, 15) is 14.4 Å². The molecular weight excluding hydrogens is 406 g/mol. The van der Waals surface area contributed by atoms with Gasteiger partial charge < -0.3 is 19.5 Å². The van der Waals surface area contributed by atoms with Gasteiger partial charge in [0.2, 0.25) is 11.8 Å². The van der Waals surface area contributed by atoms with E-state index < -0.39 is 18.1 Å². The van der Waals surface area contributed by atoms with Crippen LogP contribution in [0.5, 0.6) is 0 Å². The first kappa shape index (κ1) is 19.1. The van der Waals surface area contributed by atoms with Crippen molar-refractivity contribution in [3.63, 3.8) is 0 Å². The molecule has 0 bridgehead atoms. The smallest absolute Gasteiger partial charge is 0.337 e. The zero-order chi connectivity index (χ0) is 22.0. The Morgan fingerprint density at radius 1 is 1.06 bits per heavy atom. The molecule has 6 rings (SSSR count). The summed E-state index contributed by atoms with van der Waals surface area (Å²) in [5.74, 6) is -0.402. The maximum atomic E-state index is 13.5. The third-order valence-corrected chi connectivity index (χ3v) is 6.93. The van der Waals surface area contributed by atoms with Crippen LogP contribution in [0.25, 0.3) is 10.9 Å². The Labute approximate surface area is 184 Å². The summed E-state index contributed by atoms with van der Waals surface area (Å²) in [6, 6.07) is 14.4. The summed E-state index contributed by atoms with van der Waals surface area (Å²) in [5.41, 5.74) is 4.32.